The van der Waals surface area contributed by atoms with Crippen LogP contribution in [0.15, 0.2) is 29.0 Å². The van der Waals surface area contributed by atoms with Crippen molar-refractivity contribution in [3.05, 3.63) is 40.1 Å². The molecular formula is C16H19NO5S. The zero-order chi connectivity index (χ0) is 16.8. The lowest BCUT2D eigenvalue weighted by atomic mass is 10.1. The summed E-state index contributed by atoms with van der Waals surface area (Å²) in [6.45, 7) is 0.104. The van der Waals surface area contributed by atoms with Crippen molar-refractivity contribution in [3.63, 3.8) is 0 Å². The molecular weight excluding hydrogens is 318 g/mol. The number of hydrogen-bond acceptors (Lipinski definition) is 6. The number of nitrogens with one attached hydrogen (secondary N) is 1. The highest BCUT2D eigenvalue weighted by atomic mass is 32.1. The summed E-state index contributed by atoms with van der Waals surface area (Å²) in [7, 11) is 4.44. The van der Waals surface area contributed by atoms with Crippen LogP contribution >= 0.6 is 11.3 Å². The molecule has 7 heteroatoms. The van der Waals surface area contributed by atoms with Gasteiger partial charge in [-0.25, -0.2) is 0 Å². The van der Waals surface area contributed by atoms with Crippen molar-refractivity contribution in [1.82, 2.24) is 5.32 Å². The summed E-state index contributed by atoms with van der Waals surface area (Å²) in [4.78, 5) is 12.4. The summed E-state index contributed by atoms with van der Waals surface area (Å²) in [6.07, 6.45) is -0.753. The Morgan fingerprint density at radius 3 is 2.48 bits per heavy atom. The van der Waals surface area contributed by atoms with E-state index in [0.717, 1.165) is 5.56 Å². The SMILES string of the molecule is COc1ccc(C(=O)NCC(O)c2ccsc2)c(OC)c1OC. The smallest absolute Gasteiger partial charge is 0.255 e. The first kappa shape index (κ1) is 17.1. The van der Waals surface area contributed by atoms with Crippen molar-refractivity contribution in [1.29, 1.82) is 0 Å². The van der Waals surface area contributed by atoms with E-state index in [-0.39, 0.29) is 18.2 Å². The summed E-state index contributed by atoms with van der Waals surface area (Å²) in [6, 6.07) is 5.04. The van der Waals surface area contributed by atoms with Crippen LogP contribution in [-0.2, 0) is 0 Å². The van der Waals surface area contributed by atoms with Crippen molar-refractivity contribution in [2.24, 2.45) is 0 Å². The van der Waals surface area contributed by atoms with Crippen molar-refractivity contribution >= 4 is 17.2 Å². The maximum absolute atomic E-state index is 12.4. The number of benzene rings is 1. The van der Waals surface area contributed by atoms with Crippen molar-refractivity contribution < 1.29 is 24.1 Å². The molecule has 1 atom stereocenters. The molecule has 0 saturated carbocycles. The Morgan fingerprint density at radius 2 is 1.91 bits per heavy atom. The summed E-state index contributed by atoms with van der Waals surface area (Å²) >= 11 is 1.49. The van der Waals surface area contributed by atoms with Crippen LogP contribution in [0.2, 0.25) is 0 Å². The van der Waals surface area contributed by atoms with Crippen molar-refractivity contribution in [2.45, 2.75) is 6.10 Å². The standard InChI is InChI=1S/C16H19NO5S/c1-20-13-5-4-11(14(21-2)15(13)22-3)16(19)17-8-12(18)10-6-7-23-9-10/h4-7,9,12,18H,8H2,1-3H3,(H,17,19). The van der Waals surface area contributed by atoms with Crippen LogP contribution in [0.4, 0.5) is 0 Å². The maximum Gasteiger partial charge on any atom is 0.255 e. The van der Waals surface area contributed by atoms with E-state index in [1.165, 1.54) is 32.7 Å². The Hall–Kier alpha value is -2.25. The normalized spacial score (nSPS) is 11.7. The van der Waals surface area contributed by atoms with Gasteiger partial charge in [-0.2, -0.15) is 11.3 Å². The first-order valence-corrected chi connectivity index (χ1v) is 7.84. The van der Waals surface area contributed by atoms with Gasteiger partial charge in [-0.05, 0) is 34.5 Å². The van der Waals surface area contributed by atoms with Crippen LogP contribution in [0.3, 0.4) is 0 Å². The van der Waals surface area contributed by atoms with E-state index < -0.39 is 6.10 Å². The quantitative estimate of drug-likeness (QED) is 0.810. The second kappa shape index (κ2) is 7.85. The van der Waals surface area contributed by atoms with Gasteiger partial charge in [-0.3, -0.25) is 4.79 Å². The summed E-state index contributed by atoms with van der Waals surface area (Å²) in [5.74, 6) is 0.742. The molecule has 0 fully saturated rings. The number of thiophene rings is 1. The van der Waals surface area contributed by atoms with E-state index in [2.05, 4.69) is 5.32 Å². The van der Waals surface area contributed by atoms with Gasteiger partial charge in [0.25, 0.3) is 5.91 Å². The Morgan fingerprint density at radius 1 is 1.17 bits per heavy atom. The lowest BCUT2D eigenvalue weighted by Gasteiger charge is -2.16. The third-order valence-electron chi connectivity index (χ3n) is 3.33. The number of aliphatic hydroxyl groups excluding tert-OH is 1. The van der Waals surface area contributed by atoms with Gasteiger partial charge < -0.3 is 24.6 Å². The van der Waals surface area contributed by atoms with Gasteiger partial charge in [0.05, 0.1) is 33.0 Å². The van der Waals surface area contributed by atoms with Gasteiger partial charge in [0.2, 0.25) is 5.75 Å². The molecule has 1 heterocycles. The molecule has 2 N–H and O–H groups in total. The number of amides is 1. The first-order chi connectivity index (χ1) is 11.1. The molecule has 1 amide bonds. The lowest BCUT2D eigenvalue weighted by molar-refractivity contribution is 0.0913. The van der Waals surface area contributed by atoms with Crippen LogP contribution in [0.1, 0.15) is 22.0 Å². The topological polar surface area (TPSA) is 77.0 Å². The molecule has 23 heavy (non-hydrogen) atoms. The molecule has 0 radical (unpaired) electrons. The van der Waals surface area contributed by atoms with Crippen molar-refractivity contribution in [2.75, 3.05) is 27.9 Å². The van der Waals surface area contributed by atoms with Gasteiger partial charge in [0.15, 0.2) is 11.5 Å². The van der Waals surface area contributed by atoms with Crippen LogP contribution in [0, 0.1) is 0 Å². The van der Waals surface area contributed by atoms with Crippen molar-refractivity contribution in [3.8, 4) is 17.2 Å². The van der Waals surface area contributed by atoms with E-state index in [1.54, 1.807) is 12.1 Å². The van der Waals surface area contributed by atoms with Crippen LogP contribution < -0.4 is 19.5 Å². The van der Waals surface area contributed by atoms with E-state index in [1.807, 2.05) is 16.8 Å². The third kappa shape index (κ3) is 3.75. The Balaban J connectivity index is 2.15. The molecule has 2 rings (SSSR count). The number of hydrogen-bond donors (Lipinski definition) is 2. The fourth-order valence-electron chi connectivity index (χ4n) is 2.15. The lowest BCUT2D eigenvalue weighted by Crippen LogP contribution is -2.28. The van der Waals surface area contributed by atoms with Crippen LogP contribution in [-0.4, -0.2) is 38.9 Å². The first-order valence-electron chi connectivity index (χ1n) is 6.89. The molecule has 1 aromatic heterocycles. The van der Waals surface area contributed by atoms with Crippen LogP contribution in [0.5, 0.6) is 17.2 Å². The average Bonchev–Trinajstić information content (AvgIpc) is 3.12. The fourth-order valence-corrected chi connectivity index (χ4v) is 2.85. The zero-order valence-electron chi connectivity index (χ0n) is 13.2. The van der Waals surface area contributed by atoms with Crippen LogP contribution in [0.25, 0.3) is 0 Å². The van der Waals surface area contributed by atoms with Gasteiger partial charge in [-0.1, -0.05) is 0 Å². The van der Waals surface area contributed by atoms with E-state index in [4.69, 9.17) is 14.2 Å². The predicted molar refractivity (Wildman–Crippen MR) is 87.7 cm³/mol. The zero-order valence-corrected chi connectivity index (χ0v) is 14.0. The number of carbonyl (C=O) groups is 1. The minimum atomic E-state index is -0.753. The summed E-state index contributed by atoms with van der Waals surface area (Å²) in [5, 5.41) is 16.4. The number of aliphatic hydroxyl groups is 1. The molecule has 0 aliphatic carbocycles. The predicted octanol–water partition coefficient (Wildman–Crippen LogP) is 2.24. The maximum atomic E-state index is 12.4. The molecule has 0 saturated heterocycles. The molecule has 0 aliphatic rings. The highest BCUT2D eigenvalue weighted by Crippen LogP contribution is 2.39. The summed E-state index contributed by atoms with van der Waals surface area (Å²) in [5.41, 5.74) is 1.08. The fraction of sp³-hybridized carbons (Fsp3) is 0.312. The highest BCUT2D eigenvalue weighted by Gasteiger charge is 2.21. The van der Waals surface area contributed by atoms with Gasteiger partial charge in [-0.15, -0.1) is 0 Å². The summed E-state index contributed by atoms with van der Waals surface area (Å²) < 4.78 is 15.7. The van der Waals surface area contributed by atoms with Gasteiger partial charge in [0, 0.05) is 6.54 Å². The number of ether oxygens (including phenoxy) is 3. The highest BCUT2D eigenvalue weighted by molar-refractivity contribution is 7.07. The number of methoxy groups -OCH3 is 3. The second-order valence-electron chi connectivity index (χ2n) is 4.66. The second-order valence-corrected chi connectivity index (χ2v) is 5.44. The minimum Gasteiger partial charge on any atom is -0.493 e. The van der Waals surface area contributed by atoms with Gasteiger partial charge in [0.1, 0.15) is 0 Å². The molecule has 1 unspecified atom stereocenters. The molecule has 0 spiro atoms. The van der Waals surface area contributed by atoms with E-state index >= 15 is 0 Å². The monoisotopic (exact) mass is 337 g/mol. The molecule has 0 bridgehead atoms. The number of rotatable bonds is 7. The number of carbonyl (C=O) groups excluding carboxylic acids is 1. The molecule has 6 nitrogen and oxygen atoms in total. The Kier molecular flexibility index (Phi) is 5.84. The third-order valence-corrected chi connectivity index (χ3v) is 4.03. The molecule has 0 aliphatic heterocycles. The minimum absolute atomic E-state index is 0.104. The average molecular weight is 337 g/mol. The van der Waals surface area contributed by atoms with Gasteiger partial charge >= 0.3 is 0 Å². The van der Waals surface area contributed by atoms with E-state index in [9.17, 15) is 9.90 Å². The van der Waals surface area contributed by atoms with E-state index in [0.29, 0.717) is 17.1 Å². The molecule has 124 valence electrons. The Bertz CT molecular complexity index is 657. The molecule has 1 aromatic carbocycles. The largest absolute Gasteiger partial charge is 0.493 e. The Labute approximate surface area is 138 Å². The molecule has 2 aromatic rings.